The zero-order chi connectivity index (χ0) is 8.85. The summed E-state index contributed by atoms with van der Waals surface area (Å²) >= 11 is 0. The quantitative estimate of drug-likeness (QED) is 0.273. The summed E-state index contributed by atoms with van der Waals surface area (Å²) in [6.07, 6.45) is 1.56. The fourth-order valence-electron chi connectivity index (χ4n) is 0.527. The third-order valence-electron chi connectivity index (χ3n) is 0.959. The summed E-state index contributed by atoms with van der Waals surface area (Å²) in [7, 11) is 1.28. The molecule has 0 heterocycles. The molecule has 62 valence electrons. The van der Waals surface area contributed by atoms with Crippen LogP contribution in [0.25, 0.3) is 0 Å². The third-order valence-corrected chi connectivity index (χ3v) is 0.959. The number of nitrogens with two attached hydrogens (primary N) is 1. The average Bonchev–Trinajstić information content (AvgIpc) is 1.98. The van der Waals surface area contributed by atoms with Gasteiger partial charge in [-0.1, -0.05) is 5.57 Å². The van der Waals surface area contributed by atoms with Crippen LogP contribution < -0.4 is 5.84 Å². The highest BCUT2D eigenvalue weighted by molar-refractivity contribution is 6.41. The van der Waals surface area contributed by atoms with Gasteiger partial charge in [-0.05, 0) is 19.9 Å². The summed E-state index contributed by atoms with van der Waals surface area (Å²) in [4.78, 5) is 10.8. The van der Waals surface area contributed by atoms with Crippen molar-refractivity contribution in [2.45, 2.75) is 13.8 Å². The highest BCUT2D eigenvalue weighted by Gasteiger charge is 2.06. The van der Waals surface area contributed by atoms with Gasteiger partial charge in [-0.3, -0.25) is 0 Å². The Balaban J connectivity index is 4.45. The molecular weight excluding hydrogens is 144 g/mol. The summed E-state index contributed by atoms with van der Waals surface area (Å²) in [6, 6.07) is 0. The van der Waals surface area contributed by atoms with Gasteiger partial charge in [0.1, 0.15) is 0 Å². The lowest BCUT2D eigenvalue weighted by Gasteiger charge is -1.96. The van der Waals surface area contributed by atoms with Crippen molar-refractivity contribution in [2.24, 2.45) is 10.9 Å². The predicted octanol–water partition coefficient (Wildman–Crippen LogP) is 0.440. The van der Waals surface area contributed by atoms with E-state index in [9.17, 15) is 4.79 Å². The van der Waals surface area contributed by atoms with Crippen LogP contribution in [0, 0.1) is 0 Å². The van der Waals surface area contributed by atoms with Gasteiger partial charge in [-0.15, -0.1) is 0 Å². The van der Waals surface area contributed by atoms with Gasteiger partial charge >= 0.3 is 5.97 Å². The number of hydrazone groups is 1. The molecule has 0 aliphatic heterocycles. The van der Waals surface area contributed by atoms with E-state index >= 15 is 0 Å². The van der Waals surface area contributed by atoms with Gasteiger partial charge in [-0.2, -0.15) is 5.10 Å². The lowest BCUT2D eigenvalue weighted by atomic mass is 10.2. The highest BCUT2D eigenvalue weighted by atomic mass is 16.5. The summed E-state index contributed by atoms with van der Waals surface area (Å²) in [5.41, 5.74) is 1.08. The number of methoxy groups -OCH3 is 1. The van der Waals surface area contributed by atoms with Gasteiger partial charge in [0, 0.05) is 0 Å². The number of esters is 1. The Morgan fingerprint density at radius 1 is 1.55 bits per heavy atom. The van der Waals surface area contributed by atoms with Crippen LogP contribution in [-0.4, -0.2) is 18.8 Å². The number of carbonyl (C=O) groups is 1. The van der Waals surface area contributed by atoms with Crippen molar-refractivity contribution in [2.75, 3.05) is 7.11 Å². The fraction of sp³-hybridized carbons (Fsp3) is 0.429. The molecule has 2 N–H and O–H groups in total. The van der Waals surface area contributed by atoms with Gasteiger partial charge in [0.15, 0.2) is 5.71 Å². The molecule has 0 unspecified atom stereocenters. The van der Waals surface area contributed by atoms with E-state index in [1.807, 2.05) is 13.8 Å². The van der Waals surface area contributed by atoms with E-state index in [0.717, 1.165) is 5.57 Å². The minimum absolute atomic E-state index is 0.132. The van der Waals surface area contributed by atoms with Gasteiger partial charge in [0.2, 0.25) is 0 Å². The standard InChI is InChI=1S/C7H12N2O2/c1-5(2)4-6(9-8)7(10)11-3/h4H,8H2,1-3H3/b9-6+. The molecular formula is C7H12N2O2. The number of hydrogen-bond donors (Lipinski definition) is 1. The molecule has 0 fully saturated rings. The molecule has 0 saturated carbocycles. The van der Waals surface area contributed by atoms with Crippen LogP contribution >= 0.6 is 0 Å². The van der Waals surface area contributed by atoms with Crippen molar-refractivity contribution < 1.29 is 9.53 Å². The molecule has 4 nitrogen and oxygen atoms in total. The maximum absolute atomic E-state index is 10.8. The lowest BCUT2D eigenvalue weighted by Crippen LogP contribution is -2.15. The second kappa shape index (κ2) is 4.49. The molecule has 0 radical (unpaired) electrons. The minimum Gasteiger partial charge on any atom is -0.464 e. The Morgan fingerprint density at radius 2 is 2.09 bits per heavy atom. The molecule has 0 aliphatic rings. The molecule has 0 aromatic rings. The Hall–Kier alpha value is -1.32. The van der Waals surface area contributed by atoms with Crippen molar-refractivity contribution >= 4 is 11.7 Å². The molecule has 4 heteroatoms. The molecule has 0 aliphatic carbocycles. The topological polar surface area (TPSA) is 64.7 Å². The zero-order valence-electron chi connectivity index (χ0n) is 6.92. The van der Waals surface area contributed by atoms with E-state index < -0.39 is 5.97 Å². The second-order valence-corrected chi connectivity index (χ2v) is 2.23. The van der Waals surface area contributed by atoms with Crippen LogP contribution in [0.4, 0.5) is 0 Å². The van der Waals surface area contributed by atoms with Crippen molar-refractivity contribution in [1.82, 2.24) is 0 Å². The maximum Gasteiger partial charge on any atom is 0.358 e. The monoisotopic (exact) mass is 156 g/mol. The van der Waals surface area contributed by atoms with Crippen LogP contribution in [0.5, 0.6) is 0 Å². The van der Waals surface area contributed by atoms with Gasteiger partial charge < -0.3 is 10.6 Å². The van der Waals surface area contributed by atoms with E-state index in [1.165, 1.54) is 7.11 Å². The van der Waals surface area contributed by atoms with Crippen LogP contribution in [0.2, 0.25) is 0 Å². The van der Waals surface area contributed by atoms with Gasteiger partial charge in [0.25, 0.3) is 0 Å². The van der Waals surface area contributed by atoms with Crippen LogP contribution in [0.1, 0.15) is 13.8 Å². The van der Waals surface area contributed by atoms with E-state index in [0.29, 0.717) is 0 Å². The minimum atomic E-state index is -0.520. The Morgan fingerprint density at radius 3 is 2.36 bits per heavy atom. The lowest BCUT2D eigenvalue weighted by molar-refractivity contribution is -0.132. The van der Waals surface area contributed by atoms with Gasteiger partial charge in [0.05, 0.1) is 7.11 Å². The molecule has 0 saturated heterocycles. The number of hydrogen-bond acceptors (Lipinski definition) is 4. The van der Waals surface area contributed by atoms with E-state index in [2.05, 4.69) is 9.84 Å². The highest BCUT2D eigenvalue weighted by Crippen LogP contribution is 1.92. The van der Waals surface area contributed by atoms with Crippen molar-refractivity contribution in [1.29, 1.82) is 0 Å². The van der Waals surface area contributed by atoms with Crippen molar-refractivity contribution in [3.05, 3.63) is 11.6 Å². The average molecular weight is 156 g/mol. The van der Waals surface area contributed by atoms with E-state index in [-0.39, 0.29) is 5.71 Å². The maximum atomic E-state index is 10.8. The van der Waals surface area contributed by atoms with Crippen LogP contribution in [0.3, 0.4) is 0 Å². The van der Waals surface area contributed by atoms with Crippen molar-refractivity contribution in [3.63, 3.8) is 0 Å². The number of carbonyl (C=O) groups excluding carboxylic acids is 1. The molecule has 0 spiro atoms. The van der Waals surface area contributed by atoms with E-state index in [4.69, 9.17) is 5.84 Å². The predicted molar refractivity (Wildman–Crippen MR) is 43.1 cm³/mol. The molecule has 0 bridgehead atoms. The Labute approximate surface area is 65.7 Å². The summed E-state index contributed by atoms with van der Waals surface area (Å²) in [5.74, 6) is 4.42. The summed E-state index contributed by atoms with van der Waals surface area (Å²) in [5, 5.41) is 3.26. The number of nitrogens with zero attached hydrogens (tertiary/aromatic N) is 1. The molecule has 0 amide bonds. The van der Waals surface area contributed by atoms with Crippen LogP contribution in [0.15, 0.2) is 16.8 Å². The smallest absolute Gasteiger partial charge is 0.358 e. The first-order valence-corrected chi connectivity index (χ1v) is 3.13. The van der Waals surface area contributed by atoms with E-state index in [1.54, 1.807) is 6.08 Å². The third kappa shape index (κ3) is 3.40. The Kier molecular flexibility index (Phi) is 3.95. The molecule has 0 aromatic carbocycles. The normalized spacial score (nSPS) is 10.6. The second-order valence-electron chi connectivity index (χ2n) is 2.23. The Bertz CT molecular complexity index is 202. The first-order valence-electron chi connectivity index (χ1n) is 3.13. The number of rotatable bonds is 2. The van der Waals surface area contributed by atoms with Gasteiger partial charge in [-0.25, -0.2) is 4.79 Å². The molecule has 11 heavy (non-hydrogen) atoms. The fourth-order valence-corrected chi connectivity index (χ4v) is 0.527. The zero-order valence-corrected chi connectivity index (χ0v) is 6.92. The summed E-state index contributed by atoms with van der Waals surface area (Å²) in [6.45, 7) is 3.68. The molecule has 0 rings (SSSR count). The largest absolute Gasteiger partial charge is 0.464 e. The van der Waals surface area contributed by atoms with Crippen molar-refractivity contribution in [3.8, 4) is 0 Å². The molecule has 0 atom stereocenters. The number of allylic oxidation sites excluding steroid dienone is 1. The SMILES string of the molecule is COC(=O)/C(C=C(C)C)=N/N. The first-order chi connectivity index (χ1) is 5.11. The molecule has 0 aromatic heterocycles. The first kappa shape index (κ1) is 9.68. The summed E-state index contributed by atoms with van der Waals surface area (Å²) < 4.78 is 4.41. The van der Waals surface area contributed by atoms with Crippen LogP contribution in [-0.2, 0) is 9.53 Å². The number of ether oxygens (including phenoxy) is 1.